The molecule has 0 atom stereocenters. The highest BCUT2D eigenvalue weighted by atomic mass is 16.3. The first-order valence-electron chi connectivity index (χ1n) is 7.59. The van der Waals surface area contributed by atoms with Crippen molar-refractivity contribution < 1.29 is 10.2 Å². The summed E-state index contributed by atoms with van der Waals surface area (Å²) in [5.41, 5.74) is 0.984. The van der Waals surface area contributed by atoms with E-state index in [2.05, 4.69) is 13.3 Å². The van der Waals surface area contributed by atoms with Crippen LogP contribution in [0.3, 0.4) is 0 Å². The third kappa shape index (κ3) is 7.09. The fourth-order valence-corrected chi connectivity index (χ4v) is 2.21. The van der Waals surface area contributed by atoms with Crippen LogP contribution in [0.5, 0.6) is 11.5 Å². The third-order valence-corrected chi connectivity index (χ3v) is 3.44. The number of hydrogen-bond acceptors (Lipinski definition) is 2. The highest BCUT2D eigenvalue weighted by Gasteiger charge is 2.00. The molecule has 0 aliphatic carbocycles. The Bertz CT molecular complexity index is 347. The molecule has 107 valence electrons. The summed E-state index contributed by atoms with van der Waals surface area (Å²) in [5.74, 6) is -0.0890. The Morgan fingerprint density at radius 1 is 0.842 bits per heavy atom. The van der Waals surface area contributed by atoms with Gasteiger partial charge in [0.05, 0.1) is 0 Å². The highest BCUT2D eigenvalue weighted by Crippen LogP contribution is 2.26. The Kier molecular flexibility index (Phi) is 8.11. The first-order chi connectivity index (χ1) is 9.24. The van der Waals surface area contributed by atoms with E-state index in [0.717, 1.165) is 12.0 Å². The largest absolute Gasteiger partial charge is 0.504 e. The van der Waals surface area contributed by atoms with Gasteiger partial charge in [0.2, 0.25) is 0 Å². The van der Waals surface area contributed by atoms with Crippen molar-refractivity contribution in [1.29, 1.82) is 0 Å². The number of phenolic OH excluding ortho intramolecular Hbond substituents is 2. The average Bonchev–Trinajstić information content (AvgIpc) is 2.41. The monoisotopic (exact) mass is 263 g/mol. The topological polar surface area (TPSA) is 40.5 Å². The van der Waals surface area contributed by atoms with Gasteiger partial charge in [-0.25, -0.2) is 0 Å². The van der Waals surface area contributed by atoms with Gasteiger partial charge in [0.15, 0.2) is 11.5 Å². The highest BCUT2D eigenvalue weighted by molar-refractivity contribution is 5.42. The zero-order chi connectivity index (χ0) is 13.9. The van der Waals surface area contributed by atoms with Crippen LogP contribution in [-0.2, 0) is 0 Å². The van der Waals surface area contributed by atoms with E-state index >= 15 is 0 Å². The molecule has 0 unspecified atom stereocenters. The van der Waals surface area contributed by atoms with E-state index in [9.17, 15) is 10.2 Å². The second-order valence-electron chi connectivity index (χ2n) is 5.22. The smallest absolute Gasteiger partial charge is 0.157 e. The van der Waals surface area contributed by atoms with Crippen LogP contribution >= 0.6 is 0 Å². The van der Waals surface area contributed by atoms with Crippen LogP contribution in [0.25, 0.3) is 0 Å². The van der Waals surface area contributed by atoms with E-state index in [1.165, 1.54) is 57.4 Å². The second kappa shape index (κ2) is 9.71. The summed E-state index contributed by atoms with van der Waals surface area (Å²) in [6, 6.07) is 4.98. The van der Waals surface area contributed by atoms with E-state index in [-0.39, 0.29) is 11.5 Å². The molecule has 1 radical (unpaired) electrons. The first-order valence-corrected chi connectivity index (χ1v) is 7.59. The molecular formula is C17H27O2. The molecule has 1 aromatic rings. The van der Waals surface area contributed by atoms with Crippen LogP contribution < -0.4 is 0 Å². The minimum absolute atomic E-state index is 0.0373. The van der Waals surface area contributed by atoms with Gasteiger partial charge in [0.1, 0.15) is 0 Å². The van der Waals surface area contributed by atoms with Gasteiger partial charge in [-0.2, -0.15) is 0 Å². The molecule has 1 aromatic carbocycles. The maximum atomic E-state index is 9.37. The van der Waals surface area contributed by atoms with Crippen molar-refractivity contribution in [2.45, 2.75) is 64.7 Å². The van der Waals surface area contributed by atoms with Crippen molar-refractivity contribution in [3.05, 3.63) is 30.2 Å². The lowest BCUT2D eigenvalue weighted by molar-refractivity contribution is 0.403. The van der Waals surface area contributed by atoms with Crippen molar-refractivity contribution >= 4 is 0 Å². The second-order valence-corrected chi connectivity index (χ2v) is 5.22. The summed E-state index contributed by atoms with van der Waals surface area (Å²) in [7, 11) is 0. The lowest BCUT2D eigenvalue weighted by Gasteiger charge is -2.04. The first kappa shape index (κ1) is 15.9. The number of unbranched alkanes of at least 4 members (excludes halogenated alkanes) is 8. The Labute approximate surface area is 117 Å². The van der Waals surface area contributed by atoms with E-state index in [1.54, 1.807) is 6.07 Å². The molecule has 2 N–H and O–H groups in total. The van der Waals surface area contributed by atoms with Crippen LogP contribution in [0.1, 0.15) is 70.3 Å². The third-order valence-electron chi connectivity index (χ3n) is 3.44. The SMILES string of the molecule is CCCCCCCCCC[CH]c1ccc(O)c(O)c1. The maximum Gasteiger partial charge on any atom is 0.157 e. The summed E-state index contributed by atoms with van der Waals surface area (Å²) in [6.07, 6.45) is 13.8. The molecule has 0 amide bonds. The Morgan fingerprint density at radius 3 is 2.11 bits per heavy atom. The Balaban J connectivity index is 2.00. The van der Waals surface area contributed by atoms with Crippen LogP contribution in [0.15, 0.2) is 18.2 Å². The minimum atomic E-state index is -0.0516. The van der Waals surface area contributed by atoms with E-state index in [0.29, 0.717) is 0 Å². The standard InChI is InChI=1S/C17H27O2/c1-2-3-4-5-6-7-8-9-10-11-15-12-13-16(18)17(19)14-15/h11-14,18-19H,2-10H2,1H3. The Hall–Kier alpha value is -1.18. The molecule has 0 aliphatic rings. The van der Waals surface area contributed by atoms with Gasteiger partial charge in [-0.1, -0.05) is 64.4 Å². The van der Waals surface area contributed by atoms with E-state index < -0.39 is 0 Å². The molecule has 19 heavy (non-hydrogen) atoms. The number of hydrogen-bond donors (Lipinski definition) is 2. The van der Waals surface area contributed by atoms with Crippen molar-refractivity contribution in [3.63, 3.8) is 0 Å². The van der Waals surface area contributed by atoms with Gasteiger partial charge in [0, 0.05) is 0 Å². The van der Waals surface area contributed by atoms with Gasteiger partial charge in [-0.15, -0.1) is 0 Å². The van der Waals surface area contributed by atoms with Crippen molar-refractivity contribution in [2.75, 3.05) is 0 Å². The fourth-order valence-electron chi connectivity index (χ4n) is 2.21. The van der Waals surface area contributed by atoms with Crippen molar-refractivity contribution in [3.8, 4) is 11.5 Å². The van der Waals surface area contributed by atoms with Gasteiger partial charge in [-0.3, -0.25) is 0 Å². The van der Waals surface area contributed by atoms with Gasteiger partial charge in [-0.05, 0) is 30.5 Å². The van der Waals surface area contributed by atoms with Crippen LogP contribution in [-0.4, -0.2) is 10.2 Å². The summed E-state index contributed by atoms with van der Waals surface area (Å²) >= 11 is 0. The molecule has 0 saturated heterocycles. The van der Waals surface area contributed by atoms with Crippen LogP contribution in [0.4, 0.5) is 0 Å². The zero-order valence-electron chi connectivity index (χ0n) is 12.1. The minimum Gasteiger partial charge on any atom is -0.504 e. The molecule has 0 aromatic heterocycles. The summed E-state index contributed by atoms with van der Waals surface area (Å²) in [5, 5.41) is 18.6. The number of aromatic hydroxyl groups is 2. The predicted molar refractivity (Wildman–Crippen MR) is 80.4 cm³/mol. The predicted octanol–water partition coefficient (Wildman–Crippen LogP) is 5.18. The molecule has 0 fully saturated rings. The molecule has 0 heterocycles. The van der Waals surface area contributed by atoms with Crippen molar-refractivity contribution in [1.82, 2.24) is 0 Å². The maximum absolute atomic E-state index is 9.37. The molecule has 2 nitrogen and oxygen atoms in total. The van der Waals surface area contributed by atoms with Gasteiger partial charge >= 0.3 is 0 Å². The molecule has 2 heteroatoms. The fraction of sp³-hybridized carbons (Fsp3) is 0.588. The zero-order valence-corrected chi connectivity index (χ0v) is 12.1. The number of benzene rings is 1. The van der Waals surface area contributed by atoms with Crippen molar-refractivity contribution in [2.24, 2.45) is 0 Å². The normalized spacial score (nSPS) is 10.8. The Morgan fingerprint density at radius 2 is 1.47 bits per heavy atom. The average molecular weight is 263 g/mol. The molecule has 1 rings (SSSR count). The van der Waals surface area contributed by atoms with Gasteiger partial charge in [0.25, 0.3) is 0 Å². The summed E-state index contributed by atoms with van der Waals surface area (Å²) in [6.45, 7) is 2.25. The lowest BCUT2D eigenvalue weighted by Crippen LogP contribution is -1.84. The lowest BCUT2D eigenvalue weighted by atomic mass is 10.0. The summed E-state index contributed by atoms with van der Waals surface area (Å²) in [4.78, 5) is 0. The molecular weight excluding hydrogens is 236 g/mol. The quantitative estimate of drug-likeness (QED) is 0.451. The molecule has 0 saturated carbocycles. The molecule has 0 aliphatic heterocycles. The van der Waals surface area contributed by atoms with Crippen LogP contribution in [0.2, 0.25) is 0 Å². The van der Waals surface area contributed by atoms with Gasteiger partial charge < -0.3 is 10.2 Å². The van der Waals surface area contributed by atoms with E-state index in [1.807, 2.05) is 6.07 Å². The summed E-state index contributed by atoms with van der Waals surface area (Å²) < 4.78 is 0. The van der Waals surface area contributed by atoms with E-state index in [4.69, 9.17) is 0 Å². The number of rotatable bonds is 10. The number of phenols is 2. The molecule has 0 bridgehead atoms. The molecule has 0 spiro atoms. The van der Waals surface area contributed by atoms with Crippen LogP contribution in [0, 0.1) is 6.42 Å².